The minimum absolute atomic E-state index is 0.0530. The van der Waals surface area contributed by atoms with Crippen LogP contribution in [-0.4, -0.2) is 15.9 Å². The molecule has 1 aliphatic heterocycles. The van der Waals surface area contributed by atoms with Crippen molar-refractivity contribution in [2.24, 2.45) is 0 Å². The summed E-state index contributed by atoms with van der Waals surface area (Å²) >= 11 is 0. The number of nitrogens with two attached hydrogens (primary N) is 1. The number of rotatable bonds is 2. The van der Waals surface area contributed by atoms with Crippen molar-refractivity contribution in [2.45, 2.75) is 12.6 Å². The zero-order valence-electron chi connectivity index (χ0n) is 11.0. The highest BCUT2D eigenvalue weighted by Crippen LogP contribution is 2.33. The number of carbonyl (C=O) groups excluding carboxylic acids is 1. The van der Waals surface area contributed by atoms with Gasteiger partial charge in [-0.05, 0) is 23.8 Å². The van der Waals surface area contributed by atoms with Crippen LogP contribution in [-0.2, 0) is 17.4 Å². The van der Waals surface area contributed by atoms with E-state index in [0.717, 1.165) is 5.56 Å². The summed E-state index contributed by atoms with van der Waals surface area (Å²) in [6.07, 6.45) is -3.72. The number of nitrogens with one attached hydrogen (secondary N) is 2. The lowest BCUT2D eigenvalue weighted by Crippen LogP contribution is -2.12. The molecule has 0 saturated heterocycles. The fraction of sp³-hybridized carbons (Fsp3) is 0.154. The molecular weight excluding hydrogens is 299 g/mol. The Bertz CT molecular complexity index is 760. The van der Waals surface area contributed by atoms with Crippen molar-refractivity contribution in [1.29, 1.82) is 0 Å². The normalized spacial score (nSPS) is 13.7. The van der Waals surface area contributed by atoms with Crippen molar-refractivity contribution in [3.05, 3.63) is 35.5 Å². The van der Waals surface area contributed by atoms with Gasteiger partial charge in [0.2, 0.25) is 11.9 Å². The first-order valence-corrected chi connectivity index (χ1v) is 6.22. The first kappa shape index (κ1) is 14.1. The molecule has 0 spiro atoms. The van der Waals surface area contributed by atoms with Gasteiger partial charge in [0.05, 0.1) is 6.42 Å². The predicted molar refractivity (Wildman–Crippen MR) is 73.5 cm³/mol. The van der Waals surface area contributed by atoms with Crippen LogP contribution in [0.1, 0.15) is 11.1 Å². The van der Waals surface area contributed by atoms with Gasteiger partial charge in [0.25, 0.3) is 0 Å². The van der Waals surface area contributed by atoms with Gasteiger partial charge in [-0.2, -0.15) is 18.2 Å². The van der Waals surface area contributed by atoms with E-state index in [9.17, 15) is 18.0 Å². The molecule has 1 aromatic carbocycles. The molecule has 9 heteroatoms. The van der Waals surface area contributed by atoms with E-state index < -0.39 is 17.6 Å². The summed E-state index contributed by atoms with van der Waals surface area (Å²) in [5.41, 5.74) is 6.27. The van der Waals surface area contributed by atoms with Gasteiger partial charge in [-0.1, -0.05) is 0 Å². The number of nitrogens with zero attached hydrogens (tertiary/aromatic N) is 2. The molecule has 1 aromatic heterocycles. The second kappa shape index (κ2) is 4.86. The van der Waals surface area contributed by atoms with Gasteiger partial charge in [-0.25, -0.2) is 4.98 Å². The molecular formula is C13H10F3N5O. The summed E-state index contributed by atoms with van der Waals surface area (Å²) in [7, 11) is 0. The molecule has 3 rings (SSSR count). The Hall–Kier alpha value is -2.84. The third kappa shape index (κ3) is 2.65. The van der Waals surface area contributed by atoms with E-state index in [0.29, 0.717) is 17.6 Å². The first-order chi connectivity index (χ1) is 10.3. The van der Waals surface area contributed by atoms with E-state index in [1.807, 2.05) is 0 Å². The number of aromatic nitrogens is 2. The molecule has 0 unspecified atom stereocenters. The molecule has 2 aromatic rings. The van der Waals surface area contributed by atoms with Crippen LogP contribution in [0, 0.1) is 0 Å². The van der Waals surface area contributed by atoms with Gasteiger partial charge >= 0.3 is 6.18 Å². The van der Waals surface area contributed by atoms with Crippen LogP contribution >= 0.6 is 0 Å². The molecule has 0 saturated carbocycles. The van der Waals surface area contributed by atoms with Crippen molar-refractivity contribution in [2.75, 3.05) is 16.4 Å². The van der Waals surface area contributed by atoms with E-state index in [1.165, 1.54) is 0 Å². The number of benzene rings is 1. The minimum Gasteiger partial charge on any atom is -0.383 e. The maximum atomic E-state index is 12.6. The van der Waals surface area contributed by atoms with Crippen LogP contribution < -0.4 is 16.4 Å². The summed E-state index contributed by atoms with van der Waals surface area (Å²) in [5.74, 6) is -0.812. The lowest BCUT2D eigenvalue weighted by Gasteiger charge is -2.11. The number of fused-ring (bicyclic) bond motifs is 1. The number of nitrogen functional groups attached to an aromatic ring is 1. The van der Waals surface area contributed by atoms with Crippen molar-refractivity contribution < 1.29 is 18.0 Å². The van der Waals surface area contributed by atoms with E-state index in [4.69, 9.17) is 5.73 Å². The maximum absolute atomic E-state index is 12.6. The molecule has 2 heterocycles. The Labute approximate surface area is 122 Å². The monoisotopic (exact) mass is 309 g/mol. The highest BCUT2D eigenvalue weighted by molar-refractivity contribution is 5.99. The van der Waals surface area contributed by atoms with E-state index in [-0.39, 0.29) is 18.3 Å². The Kier molecular flexibility index (Phi) is 3.12. The van der Waals surface area contributed by atoms with Gasteiger partial charge in [0.15, 0.2) is 0 Å². The average molecular weight is 309 g/mol. The highest BCUT2D eigenvalue weighted by Gasteiger charge is 2.34. The summed E-state index contributed by atoms with van der Waals surface area (Å²) in [4.78, 5) is 18.5. The Balaban J connectivity index is 1.84. The average Bonchev–Trinajstić information content (AvgIpc) is 2.76. The molecule has 6 nitrogen and oxygen atoms in total. The predicted octanol–water partition coefficient (Wildman–Crippen LogP) is 2.32. The van der Waals surface area contributed by atoms with Gasteiger partial charge in [-0.15, -0.1) is 0 Å². The fourth-order valence-corrected chi connectivity index (χ4v) is 2.11. The number of anilines is 4. The SMILES string of the molecule is Nc1nc(Nc2ccc3c(c2)CC(=O)N3)ncc1C(F)(F)F. The second-order valence-electron chi connectivity index (χ2n) is 4.71. The number of carbonyl (C=O) groups is 1. The molecule has 22 heavy (non-hydrogen) atoms. The van der Waals surface area contributed by atoms with Crippen molar-refractivity contribution in [1.82, 2.24) is 9.97 Å². The highest BCUT2D eigenvalue weighted by atomic mass is 19.4. The quantitative estimate of drug-likeness (QED) is 0.791. The molecule has 0 fully saturated rings. The topological polar surface area (TPSA) is 92.9 Å². The van der Waals surface area contributed by atoms with Crippen LogP contribution in [0.3, 0.4) is 0 Å². The third-order valence-electron chi connectivity index (χ3n) is 3.11. The van der Waals surface area contributed by atoms with Crippen LogP contribution in [0.25, 0.3) is 0 Å². The van der Waals surface area contributed by atoms with Crippen LogP contribution in [0.15, 0.2) is 24.4 Å². The number of hydrogen-bond acceptors (Lipinski definition) is 5. The van der Waals surface area contributed by atoms with Gasteiger partial charge in [-0.3, -0.25) is 4.79 Å². The van der Waals surface area contributed by atoms with E-state index >= 15 is 0 Å². The molecule has 4 N–H and O–H groups in total. The largest absolute Gasteiger partial charge is 0.421 e. The summed E-state index contributed by atoms with van der Waals surface area (Å²) in [6.45, 7) is 0. The minimum atomic E-state index is -4.60. The molecule has 0 radical (unpaired) electrons. The fourth-order valence-electron chi connectivity index (χ4n) is 2.11. The molecule has 0 atom stereocenters. The number of alkyl halides is 3. The number of hydrogen-bond donors (Lipinski definition) is 3. The van der Waals surface area contributed by atoms with Gasteiger partial charge < -0.3 is 16.4 Å². The van der Waals surface area contributed by atoms with Crippen molar-refractivity contribution in [3.8, 4) is 0 Å². The standard InChI is InChI=1S/C13H10F3N5O/c14-13(15,16)8-5-18-12(21-11(8)17)19-7-1-2-9-6(3-7)4-10(22)20-9/h1-3,5H,4H2,(H,20,22)(H3,17,18,19,21). The zero-order chi connectivity index (χ0) is 15.9. The van der Waals surface area contributed by atoms with Crippen LogP contribution in [0.5, 0.6) is 0 Å². The molecule has 114 valence electrons. The Morgan fingerprint density at radius 1 is 1.32 bits per heavy atom. The van der Waals surface area contributed by atoms with Crippen LogP contribution in [0.4, 0.5) is 36.3 Å². The van der Waals surface area contributed by atoms with Crippen LogP contribution in [0.2, 0.25) is 0 Å². The molecule has 0 aliphatic carbocycles. The third-order valence-corrected chi connectivity index (χ3v) is 3.11. The summed E-state index contributed by atoms with van der Waals surface area (Å²) < 4.78 is 37.7. The van der Waals surface area contributed by atoms with E-state index in [1.54, 1.807) is 18.2 Å². The van der Waals surface area contributed by atoms with Gasteiger partial charge in [0, 0.05) is 17.6 Å². The maximum Gasteiger partial charge on any atom is 0.421 e. The summed E-state index contributed by atoms with van der Waals surface area (Å²) in [5, 5.41) is 5.44. The van der Waals surface area contributed by atoms with E-state index in [2.05, 4.69) is 20.6 Å². The zero-order valence-corrected chi connectivity index (χ0v) is 11.0. The second-order valence-corrected chi connectivity index (χ2v) is 4.71. The van der Waals surface area contributed by atoms with Crippen molar-refractivity contribution >= 4 is 29.0 Å². The first-order valence-electron chi connectivity index (χ1n) is 6.22. The Morgan fingerprint density at radius 3 is 2.77 bits per heavy atom. The lowest BCUT2D eigenvalue weighted by atomic mass is 10.1. The molecule has 1 amide bonds. The van der Waals surface area contributed by atoms with Crippen molar-refractivity contribution in [3.63, 3.8) is 0 Å². The molecule has 1 aliphatic rings. The number of halogens is 3. The lowest BCUT2D eigenvalue weighted by molar-refractivity contribution is -0.137. The Morgan fingerprint density at radius 2 is 2.09 bits per heavy atom. The number of amides is 1. The van der Waals surface area contributed by atoms with Gasteiger partial charge in [0.1, 0.15) is 11.4 Å². The molecule has 0 bridgehead atoms. The smallest absolute Gasteiger partial charge is 0.383 e. The summed E-state index contributed by atoms with van der Waals surface area (Å²) in [6, 6.07) is 5.04.